The fourth-order valence-electron chi connectivity index (χ4n) is 5.40. The van der Waals surface area contributed by atoms with Gasteiger partial charge in [-0.05, 0) is 43.4 Å². The maximum absolute atomic E-state index is 6.41. The van der Waals surface area contributed by atoms with Gasteiger partial charge in [-0.2, -0.15) is 0 Å². The molecule has 1 aliphatic rings. The molecule has 34 heavy (non-hydrogen) atoms. The molecule has 5 heteroatoms. The highest BCUT2D eigenvalue weighted by Crippen LogP contribution is 2.39. The number of nitrogens with two attached hydrogens (primary N) is 1. The lowest BCUT2D eigenvalue weighted by molar-refractivity contribution is 0.339. The van der Waals surface area contributed by atoms with Crippen LogP contribution in [0.15, 0.2) is 67.0 Å². The van der Waals surface area contributed by atoms with Crippen LogP contribution in [0.2, 0.25) is 0 Å². The fraction of sp³-hybridized carbons (Fsp3) is 0.276. The number of pyridine rings is 1. The molecular formula is C29H29N5. The van der Waals surface area contributed by atoms with E-state index in [-0.39, 0.29) is 0 Å². The van der Waals surface area contributed by atoms with Crippen molar-refractivity contribution < 1.29 is 0 Å². The summed E-state index contributed by atoms with van der Waals surface area (Å²) in [7, 11) is 0. The molecule has 5 aromatic rings. The number of aryl methyl sites for hydroxylation is 1. The Kier molecular flexibility index (Phi) is 5.05. The van der Waals surface area contributed by atoms with Crippen LogP contribution in [-0.4, -0.2) is 19.4 Å². The minimum absolute atomic E-state index is 0.449. The maximum Gasteiger partial charge on any atom is 0.150 e. The Labute approximate surface area is 199 Å². The minimum atomic E-state index is 0.449. The van der Waals surface area contributed by atoms with Crippen molar-refractivity contribution in [2.75, 3.05) is 5.73 Å². The summed E-state index contributed by atoms with van der Waals surface area (Å²) >= 11 is 0. The van der Waals surface area contributed by atoms with E-state index in [1.807, 2.05) is 24.4 Å². The smallest absolute Gasteiger partial charge is 0.150 e. The minimum Gasteiger partial charge on any atom is -0.382 e. The summed E-state index contributed by atoms with van der Waals surface area (Å²) in [4.78, 5) is 14.6. The summed E-state index contributed by atoms with van der Waals surface area (Å²) in [6.45, 7) is 4.49. The third-order valence-electron chi connectivity index (χ3n) is 7.35. The molecule has 6 rings (SSSR count). The van der Waals surface area contributed by atoms with E-state index in [2.05, 4.69) is 59.6 Å². The first-order chi connectivity index (χ1) is 16.6. The SMILES string of the molecule is Cc1cc(-c2ccccc2)nc2cc(-c3nc([C@H]4CC[C@H](C)CC4)n4ccnc(N)c34)ccc12. The highest BCUT2D eigenvalue weighted by atomic mass is 15.1. The van der Waals surface area contributed by atoms with Gasteiger partial charge >= 0.3 is 0 Å². The topological polar surface area (TPSA) is 69.1 Å². The first-order valence-electron chi connectivity index (χ1n) is 12.2. The summed E-state index contributed by atoms with van der Waals surface area (Å²) in [6.07, 6.45) is 8.61. The van der Waals surface area contributed by atoms with Crippen molar-refractivity contribution in [1.29, 1.82) is 0 Å². The Morgan fingerprint density at radius 2 is 1.71 bits per heavy atom. The summed E-state index contributed by atoms with van der Waals surface area (Å²) in [5.74, 6) is 2.86. The van der Waals surface area contributed by atoms with Crippen LogP contribution in [0.4, 0.5) is 5.82 Å². The van der Waals surface area contributed by atoms with Crippen LogP contribution in [0.1, 0.15) is 49.9 Å². The van der Waals surface area contributed by atoms with Gasteiger partial charge in [0.2, 0.25) is 0 Å². The fourth-order valence-corrected chi connectivity index (χ4v) is 5.40. The number of rotatable bonds is 3. The largest absolute Gasteiger partial charge is 0.382 e. The maximum atomic E-state index is 6.41. The van der Waals surface area contributed by atoms with Gasteiger partial charge in [-0.1, -0.05) is 62.2 Å². The average molecular weight is 448 g/mol. The van der Waals surface area contributed by atoms with Gasteiger partial charge in [0.15, 0.2) is 0 Å². The van der Waals surface area contributed by atoms with Crippen molar-refractivity contribution >= 4 is 22.2 Å². The van der Waals surface area contributed by atoms with E-state index in [9.17, 15) is 0 Å². The first kappa shape index (κ1) is 20.8. The zero-order valence-corrected chi connectivity index (χ0v) is 19.7. The van der Waals surface area contributed by atoms with Crippen molar-refractivity contribution in [3.63, 3.8) is 0 Å². The number of nitrogens with zero attached hydrogens (tertiary/aromatic N) is 4. The normalized spacial score (nSPS) is 18.5. The van der Waals surface area contributed by atoms with Crippen molar-refractivity contribution in [3.05, 3.63) is 78.4 Å². The van der Waals surface area contributed by atoms with E-state index in [1.165, 1.54) is 31.2 Å². The predicted octanol–water partition coefficient (Wildman–Crippen LogP) is 6.80. The second-order valence-electron chi connectivity index (χ2n) is 9.73. The van der Waals surface area contributed by atoms with E-state index in [0.29, 0.717) is 11.7 Å². The Bertz CT molecular complexity index is 1490. The van der Waals surface area contributed by atoms with Crippen molar-refractivity contribution in [2.24, 2.45) is 5.92 Å². The second kappa shape index (κ2) is 8.24. The zero-order valence-electron chi connectivity index (χ0n) is 19.7. The second-order valence-corrected chi connectivity index (χ2v) is 9.73. The number of benzene rings is 2. The number of nitrogen functional groups attached to an aromatic ring is 1. The van der Waals surface area contributed by atoms with Crippen LogP contribution < -0.4 is 5.73 Å². The van der Waals surface area contributed by atoms with Crippen molar-refractivity contribution in [1.82, 2.24) is 19.4 Å². The van der Waals surface area contributed by atoms with E-state index in [4.69, 9.17) is 15.7 Å². The van der Waals surface area contributed by atoms with Gasteiger partial charge in [0.25, 0.3) is 0 Å². The molecule has 3 aromatic heterocycles. The number of anilines is 1. The molecule has 0 spiro atoms. The number of aromatic nitrogens is 4. The molecule has 0 unspecified atom stereocenters. The highest BCUT2D eigenvalue weighted by molar-refractivity contribution is 5.92. The molecule has 0 amide bonds. The number of imidazole rings is 1. The molecule has 1 aliphatic carbocycles. The molecule has 1 saturated carbocycles. The van der Waals surface area contributed by atoms with Gasteiger partial charge in [0.05, 0.1) is 11.2 Å². The number of fused-ring (bicyclic) bond motifs is 2. The lowest BCUT2D eigenvalue weighted by atomic mass is 9.82. The molecule has 0 bridgehead atoms. The van der Waals surface area contributed by atoms with Crippen LogP contribution in [0.5, 0.6) is 0 Å². The van der Waals surface area contributed by atoms with E-state index < -0.39 is 0 Å². The molecule has 0 saturated heterocycles. The van der Waals surface area contributed by atoms with Gasteiger partial charge < -0.3 is 5.73 Å². The Balaban J connectivity index is 1.51. The van der Waals surface area contributed by atoms with Gasteiger partial charge in [-0.25, -0.2) is 15.0 Å². The van der Waals surface area contributed by atoms with E-state index in [1.54, 1.807) is 6.20 Å². The van der Waals surface area contributed by atoms with Crippen molar-refractivity contribution in [2.45, 2.75) is 45.4 Å². The molecule has 2 N–H and O–H groups in total. The molecule has 0 atom stereocenters. The summed E-state index contributed by atoms with van der Waals surface area (Å²) in [5, 5.41) is 1.15. The predicted molar refractivity (Wildman–Crippen MR) is 139 cm³/mol. The van der Waals surface area contributed by atoms with E-state index in [0.717, 1.165) is 50.7 Å². The Hall–Kier alpha value is -3.73. The molecule has 2 aromatic carbocycles. The molecule has 0 radical (unpaired) electrons. The lowest BCUT2D eigenvalue weighted by Crippen LogP contribution is -2.13. The first-order valence-corrected chi connectivity index (χ1v) is 12.2. The van der Waals surface area contributed by atoms with Gasteiger partial charge in [-0.15, -0.1) is 0 Å². The van der Waals surface area contributed by atoms with Crippen LogP contribution in [0, 0.1) is 12.8 Å². The monoisotopic (exact) mass is 447 g/mol. The number of hydrogen-bond donors (Lipinski definition) is 1. The van der Waals surface area contributed by atoms with Crippen LogP contribution in [0.25, 0.3) is 38.9 Å². The van der Waals surface area contributed by atoms with Crippen LogP contribution in [0.3, 0.4) is 0 Å². The van der Waals surface area contributed by atoms with E-state index >= 15 is 0 Å². The Morgan fingerprint density at radius 1 is 0.912 bits per heavy atom. The average Bonchev–Trinajstić information content (AvgIpc) is 3.26. The summed E-state index contributed by atoms with van der Waals surface area (Å²) in [5.41, 5.74) is 13.5. The van der Waals surface area contributed by atoms with Gasteiger partial charge in [0, 0.05) is 34.8 Å². The number of hydrogen-bond acceptors (Lipinski definition) is 4. The lowest BCUT2D eigenvalue weighted by Gasteiger charge is -2.25. The summed E-state index contributed by atoms with van der Waals surface area (Å²) in [6, 6.07) is 18.9. The van der Waals surface area contributed by atoms with Crippen LogP contribution in [-0.2, 0) is 0 Å². The molecule has 1 fully saturated rings. The van der Waals surface area contributed by atoms with Crippen LogP contribution >= 0.6 is 0 Å². The highest BCUT2D eigenvalue weighted by Gasteiger charge is 2.26. The summed E-state index contributed by atoms with van der Waals surface area (Å²) < 4.78 is 2.17. The van der Waals surface area contributed by atoms with Crippen molar-refractivity contribution in [3.8, 4) is 22.5 Å². The third-order valence-corrected chi connectivity index (χ3v) is 7.35. The molecule has 5 nitrogen and oxygen atoms in total. The molecule has 0 aliphatic heterocycles. The quantitative estimate of drug-likeness (QED) is 0.330. The molecular weight excluding hydrogens is 418 g/mol. The Morgan fingerprint density at radius 3 is 2.50 bits per heavy atom. The zero-order chi connectivity index (χ0) is 23.2. The third kappa shape index (κ3) is 3.52. The standard InChI is InChI=1S/C29H29N5/c1-18-8-10-21(11-9-18)29-33-26(27-28(30)31-14-15-34(27)29)22-12-13-23-19(2)16-24(32-25(23)17-22)20-6-4-3-5-7-20/h3-7,12-18,21H,8-11H2,1-2H3,(H2,30,31)/t18-,21-. The molecule has 170 valence electrons. The van der Waals surface area contributed by atoms with Gasteiger partial charge in [-0.3, -0.25) is 4.40 Å². The van der Waals surface area contributed by atoms with Gasteiger partial charge in [0.1, 0.15) is 22.9 Å². The molecule has 3 heterocycles.